The number of allylic oxidation sites excluding steroid dienone is 10. The molecular weight excluding hydrogens is 695 g/mol. The number of hydrogen-bond donors (Lipinski definition) is 3. The summed E-state index contributed by atoms with van der Waals surface area (Å²) >= 11 is 0. The third-order valence-corrected chi connectivity index (χ3v) is 10.4. The number of carbonyl (C=O) groups is 2. The fourth-order valence-corrected chi connectivity index (χ4v) is 6.85. The molecule has 0 saturated heterocycles. The summed E-state index contributed by atoms with van der Waals surface area (Å²) in [6, 6.07) is -0.714. The molecule has 0 aromatic carbocycles. The number of rotatable bonds is 41. The van der Waals surface area contributed by atoms with E-state index in [9.17, 15) is 19.8 Å². The fraction of sp³-hybridized carbons (Fsp3) is 0.760. The Morgan fingerprint density at radius 1 is 0.536 bits per heavy atom. The van der Waals surface area contributed by atoms with Crippen LogP contribution in [0.1, 0.15) is 220 Å². The molecule has 3 N–H and O–H groups in total. The molecule has 0 heterocycles. The monoisotopic (exact) mass is 784 g/mol. The van der Waals surface area contributed by atoms with E-state index in [0.29, 0.717) is 19.3 Å². The van der Waals surface area contributed by atoms with E-state index in [1.807, 2.05) is 30.4 Å². The van der Waals surface area contributed by atoms with Crippen LogP contribution in [0.5, 0.6) is 0 Å². The van der Waals surface area contributed by atoms with Crippen LogP contribution in [-0.4, -0.2) is 46.9 Å². The van der Waals surface area contributed by atoms with Gasteiger partial charge in [0, 0.05) is 6.42 Å². The third kappa shape index (κ3) is 38.4. The first-order chi connectivity index (χ1) is 27.5. The average Bonchev–Trinajstić information content (AvgIpc) is 3.19. The molecule has 6 heteroatoms. The maximum Gasteiger partial charge on any atom is 0.306 e. The lowest BCUT2D eigenvalue weighted by Gasteiger charge is -2.24. The molecule has 3 unspecified atom stereocenters. The van der Waals surface area contributed by atoms with Gasteiger partial charge in [-0.3, -0.25) is 9.59 Å². The van der Waals surface area contributed by atoms with Gasteiger partial charge in [0.15, 0.2) is 0 Å². The Hall–Kier alpha value is -2.44. The molecule has 3 atom stereocenters. The van der Waals surface area contributed by atoms with Crippen LogP contribution in [-0.2, 0) is 14.3 Å². The molecular formula is C50H89NO5. The Morgan fingerprint density at radius 3 is 1.59 bits per heavy atom. The van der Waals surface area contributed by atoms with Crippen LogP contribution in [0.25, 0.3) is 0 Å². The van der Waals surface area contributed by atoms with Gasteiger partial charge < -0.3 is 20.3 Å². The molecule has 0 aliphatic heterocycles. The summed E-state index contributed by atoms with van der Waals surface area (Å²) in [5, 5.41) is 23.7. The van der Waals surface area contributed by atoms with Crippen molar-refractivity contribution in [2.45, 2.75) is 238 Å². The Bertz CT molecular complexity index is 1010. The molecule has 0 aromatic heterocycles. The quantitative estimate of drug-likeness (QED) is 0.0248. The molecule has 0 aromatic rings. The van der Waals surface area contributed by atoms with E-state index in [2.05, 4.69) is 56.5 Å². The zero-order valence-electron chi connectivity index (χ0n) is 36.8. The second kappa shape index (κ2) is 43.7. The Morgan fingerprint density at radius 2 is 1.02 bits per heavy atom. The fourth-order valence-electron chi connectivity index (χ4n) is 6.85. The predicted octanol–water partition coefficient (Wildman–Crippen LogP) is 13.7. The zero-order chi connectivity index (χ0) is 41.0. The number of nitrogens with one attached hydrogen (secondary N) is 1. The molecule has 0 radical (unpaired) electrons. The van der Waals surface area contributed by atoms with Crippen molar-refractivity contribution < 1.29 is 24.5 Å². The second-order valence-electron chi connectivity index (χ2n) is 15.9. The highest BCUT2D eigenvalue weighted by molar-refractivity contribution is 5.77. The van der Waals surface area contributed by atoms with E-state index < -0.39 is 18.2 Å². The van der Waals surface area contributed by atoms with E-state index in [4.69, 9.17) is 4.74 Å². The standard InChI is InChI=1S/C50H89NO5/c1-4-7-10-13-16-19-21-23-24-25-27-28-30-33-36-39-42-48(53)47(45-52)51-49(54)44-46(41-38-35-32-18-15-12-9-6-3)56-50(55)43-40-37-34-31-29-26-22-20-17-14-11-8-5-2/h8,11-12,14-15,17,20,22,26,29,46-48,52-53H,4-7,9-10,13,16,18-19,21,23-25,27-28,30-45H2,1-3H3,(H,51,54)/b11-8+,15-12-,17-14+,22-20-,29-26-. The van der Waals surface area contributed by atoms with Crippen molar-refractivity contribution in [2.75, 3.05) is 6.61 Å². The Balaban J connectivity index is 4.49. The van der Waals surface area contributed by atoms with Crippen LogP contribution >= 0.6 is 0 Å². The molecule has 324 valence electrons. The lowest BCUT2D eigenvalue weighted by Crippen LogP contribution is -2.46. The van der Waals surface area contributed by atoms with E-state index in [1.54, 1.807) is 0 Å². The number of aliphatic hydroxyl groups excluding tert-OH is 2. The van der Waals surface area contributed by atoms with Crippen molar-refractivity contribution in [1.29, 1.82) is 0 Å². The maximum absolute atomic E-state index is 13.1. The molecule has 0 aliphatic rings. The molecule has 0 fully saturated rings. The van der Waals surface area contributed by atoms with Gasteiger partial charge in [0.2, 0.25) is 5.91 Å². The minimum Gasteiger partial charge on any atom is -0.462 e. The van der Waals surface area contributed by atoms with Crippen molar-refractivity contribution in [1.82, 2.24) is 5.32 Å². The highest BCUT2D eigenvalue weighted by Crippen LogP contribution is 2.17. The predicted molar refractivity (Wildman–Crippen MR) is 241 cm³/mol. The SMILES string of the molecule is CC/C=C/C=C/C=C\C=C/CCCCCC(=O)OC(CCCCC/C=C\CCC)CC(=O)NC(CO)C(O)CCCCCCCCCCCCCCCCCC. The average molecular weight is 784 g/mol. The van der Waals surface area contributed by atoms with Crippen molar-refractivity contribution in [3.8, 4) is 0 Å². The zero-order valence-corrected chi connectivity index (χ0v) is 36.8. The lowest BCUT2D eigenvalue weighted by atomic mass is 10.0. The number of hydrogen-bond acceptors (Lipinski definition) is 5. The van der Waals surface area contributed by atoms with Crippen molar-refractivity contribution >= 4 is 11.9 Å². The number of esters is 1. The van der Waals surface area contributed by atoms with E-state index in [0.717, 1.165) is 89.9 Å². The minimum absolute atomic E-state index is 0.0484. The lowest BCUT2D eigenvalue weighted by molar-refractivity contribution is -0.151. The van der Waals surface area contributed by atoms with Gasteiger partial charge in [0.25, 0.3) is 0 Å². The summed E-state index contributed by atoms with van der Waals surface area (Å²) in [4.78, 5) is 25.9. The van der Waals surface area contributed by atoms with Crippen LogP contribution in [0.4, 0.5) is 0 Å². The molecule has 0 saturated carbocycles. The number of unbranched alkanes of at least 4 members (excludes halogenated alkanes) is 22. The summed E-state index contributed by atoms with van der Waals surface area (Å²) in [6.45, 7) is 6.25. The largest absolute Gasteiger partial charge is 0.462 e. The van der Waals surface area contributed by atoms with Crippen LogP contribution in [0.3, 0.4) is 0 Å². The van der Waals surface area contributed by atoms with Gasteiger partial charge in [0.1, 0.15) is 6.10 Å². The van der Waals surface area contributed by atoms with Crippen LogP contribution in [0.2, 0.25) is 0 Å². The number of amides is 1. The number of ether oxygens (including phenoxy) is 1. The summed E-state index contributed by atoms with van der Waals surface area (Å²) in [5.41, 5.74) is 0. The molecule has 1 amide bonds. The normalized spacial score (nSPS) is 13.9. The number of carbonyl (C=O) groups excluding carboxylic acids is 2. The van der Waals surface area contributed by atoms with Gasteiger partial charge in [-0.15, -0.1) is 0 Å². The smallest absolute Gasteiger partial charge is 0.306 e. The van der Waals surface area contributed by atoms with Gasteiger partial charge in [-0.25, -0.2) is 0 Å². The van der Waals surface area contributed by atoms with E-state index in [-0.39, 0.29) is 24.9 Å². The van der Waals surface area contributed by atoms with Gasteiger partial charge in [-0.1, -0.05) is 204 Å². The van der Waals surface area contributed by atoms with Gasteiger partial charge in [0.05, 0.1) is 25.2 Å². The molecule has 0 bridgehead atoms. The first kappa shape index (κ1) is 53.6. The van der Waals surface area contributed by atoms with Crippen LogP contribution in [0, 0.1) is 0 Å². The van der Waals surface area contributed by atoms with Crippen molar-refractivity contribution in [3.63, 3.8) is 0 Å². The van der Waals surface area contributed by atoms with Crippen LogP contribution < -0.4 is 5.32 Å². The van der Waals surface area contributed by atoms with Gasteiger partial charge in [-0.2, -0.15) is 0 Å². The molecule has 56 heavy (non-hydrogen) atoms. The topological polar surface area (TPSA) is 95.9 Å². The summed E-state index contributed by atoms with van der Waals surface area (Å²) in [7, 11) is 0. The minimum atomic E-state index is -0.798. The van der Waals surface area contributed by atoms with E-state index in [1.165, 1.54) is 83.5 Å². The third-order valence-electron chi connectivity index (χ3n) is 10.4. The maximum atomic E-state index is 13.1. The number of aliphatic hydroxyl groups is 2. The van der Waals surface area contributed by atoms with Crippen molar-refractivity contribution in [3.05, 3.63) is 60.8 Å². The Kier molecular flexibility index (Phi) is 41.8. The van der Waals surface area contributed by atoms with Crippen molar-refractivity contribution in [2.24, 2.45) is 0 Å². The molecule has 6 nitrogen and oxygen atoms in total. The van der Waals surface area contributed by atoms with Crippen LogP contribution in [0.15, 0.2) is 60.8 Å². The van der Waals surface area contributed by atoms with Gasteiger partial charge in [-0.05, 0) is 64.2 Å². The van der Waals surface area contributed by atoms with E-state index >= 15 is 0 Å². The summed E-state index contributed by atoms with van der Waals surface area (Å²) in [6.07, 6.45) is 52.9. The summed E-state index contributed by atoms with van der Waals surface area (Å²) < 4.78 is 5.85. The van der Waals surface area contributed by atoms with Gasteiger partial charge >= 0.3 is 5.97 Å². The Labute approximate surface area is 346 Å². The highest BCUT2D eigenvalue weighted by atomic mass is 16.5. The first-order valence-electron chi connectivity index (χ1n) is 23.6. The second-order valence-corrected chi connectivity index (χ2v) is 15.9. The molecule has 0 aliphatic carbocycles. The first-order valence-corrected chi connectivity index (χ1v) is 23.6. The highest BCUT2D eigenvalue weighted by Gasteiger charge is 2.24. The summed E-state index contributed by atoms with van der Waals surface area (Å²) in [5.74, 6) is -0.543. The molecule has 0 rings (SSSR count). The molecule has 0 spiro atoms.